The van der Waals surface area contributed by atoms with Crippen molar-refractivity contribution in [2.75, 3.05) is 0 Å². The van der Waals surface area contributed by atoms with Crippen LogP contribution in [-0.4, -0.2) is 0 Å². The number of hydrogen-bond donors (Lipinski definition) is 0. The highest BCUT2D eigenvalue weighted by atomic mass is 35.5. The lowest BCUT2D eigenvalue weighted by Gasteiger charge is -1.96. The van der Waals surface area contributed by atoms with E-state index >= 15 is 0 Å². The maximum atomic E-state index is 5.79. The molecular weight excluding hydrogens is 170 g/mol. The predicted molar refractivity (Wildman–Crippen MR) is 50.1 cm³/mol. The molecule has 0 aliphatic heterocycles. The van der Waals surface area contributed by atoms with Crippen LogP contribution < -0.4 is 4.98 Å². The number of hydrogen-bond acceptors (Lipinski definition) is 0. The van der Waals surface area contributed by atoms with E-state index in [1.165, 1.54) is 10.8 Å². The van der Waals surface area contributed by atoms with Crippen LogP contribution in [-0.2, 0) is 5.88 Å². The molecule has 0 aliphatic carbocycles. The summed E-state index contributed by atoms with van der Waals surface area (Å²) in [6.07, 6.45) is 3.92. The van der Waals surface area contributed by atoms with Gasteiger partial charge in [0.15, 0.2) is 12.4 Å². The molecule has 12 heavy (non-hydrogen) atoms. The summed E-state index contributed by atoms with van der Waals surface area (Å²) in [5.74, 6) is 0.553. The summed E-state index contributed by atoms with van der Waals surface area (Å²) in [6, 6.07) is 8.20. The number of halogens is 1. The zero-order valence-electron chi connectivity index (χ0n) is 6.55. The molecule has 0 spiro atoms. The summed E-state index contributed by atoms with van der Waals surface area (Å²) in [6.45, 7) is 0. The Morgan fingerprint density at radius 2 is 2.00 bits per heavy atom. The number of pyridine rings is 1. The molecule has 2 heteroatoms. The topological polar surface area (TPSA) is 14.1 Å². The molecule has 1 aromatic heterocycles. The normalized spacial score (nSPS) is 10.4. The molecule has 0 saturated carbocycles. The largest absolute Gasteiger partial charge is 0.217 e. The van der Waals surface area contributed by atoms with Crippen LogP contribution in [0, 0.1) is 0 Å². The molecule has 0 fully saturated rings. The first-order chi connectivity index (χ1) is 5.92. The third-order valence-corrected chi connectivity index (χ3v) is 2.24. The summed E-state index contributed by atoms with van der Waals surface area (Å²) in [5.41, 5.74) is 1.15. The molecule has 1 N–H and O–H groups in total. The first-order valence-corrected chi connectivity index (χ1v) is 4.39. The highest BCUT2D eigenvalue weighted by molar-refractivity contribution is 6.17. The Labute approximate surface area is 76.0 Å². The van der Waals surface area contributed by atoms with Crippen molar-refractivity contribution in [3.05, 3.63) is 42.2 Å². The lowest BCUT2D eigenvalue weighted by atomic mass is 10.1. The van der Waals surface area contributed by atoms with Crippen molar-refractivity contribution < 1.29 is 4.98 Å². The van der Waals surface area contributed by atoms with Gasteiger partial charge in [0.25, 0.3) is 0 Å². The van der Waals surface area contributed by atoms with E-state index in [0.717, 1.165) is 5.56 Å². The number of aromatic nitrogens is 1. The van der Waals surface area contributed by atoms with Gasteiger partial charge >= 0.3 is 0 Å². The highest BCUT2D eigenvalue weighted by Crippen LogP contribution is 2.16. The predicted octanol–water partition coefficient (Wildman–Crippen LogP) is 2.39. The van der Waals surface area contributed by atoms with Crippen LogP contribution in [0.3, 0.4) is 0 Å². The Morgan fingerprint density at radius 3 is 2.83 bits per heavy atom. The Morgan fingerprint density at radius 1 is 1.17 bits per heavy atom. The van der Waals surface area contributed by atoms with Crippen LogP contribution in [0.15, 0.2) is 36.7 Å². The fourth-order valence-corrected chi connectivity index (χ4v) is 1.56. The SMILES string of the molecule is ClCc1c[nH+]cc2ccccc12. The van der Waals surface area contributed by atoms with Gasteiger partial charge in [-0.15, -0.1) is 11.6 Å². The molecular formula is C10H9ClN+. The second-order valence-electron chi connectivity index (χ2n) is 2.70. The smallest absolute Gasteiger partial charge is 0.174 e. The molecule has 0 saturated heterocycles. The number of aromatic amines is 1. The zero-order valence-corrected chi connectivity index (χ0v) is 7.31. The van der Waals surface area contributed by atoms with Crippen LogP contribution in [0.2, 0.25) is 0 Å². The maximum absolute atomic E-state index is 5.79. The summed E-state index contributed by atoms with van der Waals surface area (Å²) < 4.78 is 0. The van der Waals surface area contributed by atoms with E-state index in [2.05, 4.69) is 17.1 Å². The second-order valence-corrected chi connectivity index (χ2v) is 2.97. The van der Waals surface area contributed by atoms with Crippen molar-refractivity contribution in [2.45, 2.75) is 5.88 Å². The van der Waals surface area contributed by atoms with Gasteiger partial charge in [0.1, 0.15) is 0 Å². The van der Waals surface area contributed by atoms with E-state index in [9.17, 15) is 0 Å². The Hall–Kier alpha value is -1.08. The van der Waals surface area contributed by atoms with Crippen LogP contribution in [0.5, 0.6) is 0 Å². The fourth-order valence-electron chi connectivity index (χ4n) is 1.34. The van der Waals surface area contributed by atoms with E-state index in [4.69, 9.17) is 11.6 Å². The zero-order chi connectivity index (χ0) is 8.39. The molecule has 0 radical (unpaired) electrons. The van der Waals surface area contributed by atoms with Crippen molar-refractivity contribution in [1.29, 1.82) is 0 Å². The van der Waals surface area contributed by atoms with Crippen molar-refractivity contribution >= 4 is 22.4 Å². The first-order valence-electron chi connectivity index (χ1n) is 3.85. The van der Waals surface area contributed by atoms with Gasteiger partial charge in [0.2, 0.25) is 0 Å². The molecule has 0 bridgehead atoms. The maximum Gasteiger partial charge on any atom is 0.174 e. The van der Waals surface area contributed by atoms with Gasteiger partial charge in [-0.1, -0.05) is 18.2 Å². The number of H-pyrrole nitrogens is 1. The number of fused-ring (bicyclic) bond motifs is 1. The van der Waals surface area contributed by atoms with E-state index < -0.39 is 0 Å². The summed E-state index contributed by atoms with van der Waals surface area (Å²) in [7, 11) is 0. The molecule has 0 unspecified atom stereocenters. The van der Waals surface area contributed by atoms with Crippen molar-refractivity contribution in [3.8, 4) is 0 Å². The number of nitrogens with one attached hydrogen (secondary N) is 1. The third-order valence-electron chi connectivity index (χ3n) is 1.95. The van der Waals surface area contributed by atoms with Crippen molar-refractivity contribution in [2.24, 2.45) is 0 Å². The second kappa shape index (κ2) is 3.11. The lowest BCUT2D eigenvalue weighted by molar-refractivity contribution is -0.376. The van der Waals surface area contributed by atoms with E-state index in [1.54, 1.807) is 0 Å². The summed E-state index contributed by atoms with van der Waals surface area (Å²) in [5, 5.41) is 2.43. The molecule has 2 rings (SSSR count). The summed E-state index contributed by atoms with van der Waals surface area (Å²) in [4.78, 5) is 3.07. The molecule has 0 aliphatic rings. The molecule has 1 heterocycles. The van der Waals surface area contributed by atoms with Crippen molar-refractivity contribution in [1.82, 2.24) is 0 Å². The average molecular weight is 179 g/mol. The lowest BCUT2D eigenvalue weighted by Crippen LogP contribution is -2.01. The van der Waals surface area contributed by atoms with Crippen LogP contribution in [0.25, 0.3) is 10.8 Å². The summed E-state index contributed by atoms with van der Waals surface area (Å²) >= 11 is 5.79. The Kier molecular flexibility index (Phi) is 1.96. The number of rotatable bonds is 1. The molecule has 0 amide bonds. The molecule has 60 valence electrons. The third kappa shape index (κ3) is 1.16. The molecule has 1 aromatic carbocycles. The quantitative estimate of drug-likeness (QED) is 0.596. The van der Waals surface area contributed by atoms with E-state index in [-0.39, 0.29) is 0 Å². The standard InChI is InChI=1S/C10H8ClN/c11-5-9-7-12-6-8-3-1-2-4-10(8)9/h1-4,6-7H,5H2/p+1. The van der Waals surface area contributed by atoms with E-state index in [0.29, 0.717) is 5.88 Å². The molecule has 0 atom stereocenters. The van der Waals surface area contributed by atoms with Crippen LogP contribution >= 0.6 is 11.6 Å². The Bertz CT molecular complexity index is 392. The monoisotopic (exact) mass is 178 g/mol. The van der Waals surface area contributed by atoms with Gasteiger partial charge in [0, 0.05) is 10.9 Å². The van der Waals surface area contributed by atoms with Gasteiger partial charge in [0.05, 0.1) is 5.88 Å². The van der Waals surface area contributed by atoms with Gasteiger partial charge in [-0.3, -0.25) is 0 Å². The van der Waals surface area contributed by atoms with Crippen LogP contribution in [0.1, 0.15) is 5.56 Å². The van der Waals surface area contributed by atoms with Crippen molar-refractivity contribution in [3.63, 3.8) is 0 Å². The molecule has 2 aromatic rings. The number of alkyl halides is 1. The minimum absolute atomic E-state index is 0.553. The average Bonchev–Trinajstić information content (AvgIpc) is 2.17. The van der Waals surface area contributed by atoms with E-state index in [1.807, 2.05) is 24.5 Å². The number of benzene rings is 1. The Balaban J connectivity index is 2.79. The minimum Gasteiger partial charge on any atom is -0.217 e. The minimum atomic E-state index is 0.553. The first kappa shape index (κ1) is 7.56. The van der Waals surface area contributed by atoms with Crippen LogP contribution in [0.4, 0.5) is 0 Å². The highest BCUT2D eigenvalue weighted by Gasteiger charge is 2.01. The molecule has 1 nitrogen and oxygen atoms in total. The van der Waals surface area contributed by atoms with Gasteiger partial charge in [-0.05, 0) is 11.5 Å². The van der Waals surface area contributed by atoms with Gasteiger partial charge < -0.3 is 0 Å². The van der Waals surface area contributed by atoms with Gasteiger partial charge in [-0.2, -0.15) is 0 Å². The van der Waals surface area contributed by atoms with Gasteiger partial charge in [-0.25, -0.2) is 4.98 Å². The fraction of sp³-hybridized carbons (Fsp3) is 0.100.